The van der Waals surface area contributed by atoms with Gasteiger partial charge in [0, 0.05) is 0 Å². The Morgan fingerprint density at radius 3 is 2.89 bits per heavy atom. The van der Waals surface area contributed by atoms with Gasteiger partial charge in [0.2, 0.25) is 0 Å². The number of fused-ring (bicyclic) bond motifs is 3. The van der Waals surface area contributed by atoms with Crippen molar-refractivity contribution in [3.63, 3.8) is 0 Å². The van der Waals surface area contributed by atoms with E-state index in [1.165, 1.54) is 43.5 Å². The van der Waals surface area contributed by atoms with E-state index in [2.05, 4.69) is 60.7 Å². The van der Waals surface area contributed by atoms with Crippen molar-refractivity contribution in [2.45, 2.75) is 6.42 Å². The Morgan fingerprint density at radius 2 is 1.89 bits per heavy atom. The smallest absolute Gasteiger partial charge is 0.00235 e. The summed E-state index contributed by atoms with van der Waals surface area (Å²) in [5, 5.41) is 7.07. The van der Waals surface area contributed by atoms with Crippen molar-refractivity contribution in [3.8, 4) is 0 Å². The molecule has 0 saturated carbocycles. The quantitative estimate of drug-likeness (QED) is 0.555. The SMILES string of the molecule is C1=Cc2c3c4c(ccc5cccc(c2=C1)c54)C=CC3. The molecule has 0 aromatic heterocycles. The van der Waals surface area contributed by atoms with Crippen molar-refractivity contribution in [1.82, 2.24) is 0 Å². The van der Waals surface area contributed by atoms with E-state index in [1.54, 1.807) is 0 Å². The molecule has 5 rings (SSSR count). The Balaban J connectivity index is 2.24. The van der Waals surface area contributed by atoms with E-state index < -0.39 is 0 Å². The standard InChI is InChI=1S/C19H12/c1-4-12-10-11-13-5-2-9-17-15-7-3-6-14(15)16(8-1)18(12)19(13)17/h1-8,10-11H,9H2. The minimum atomic E-state index is 1.05. The third kappa shape index (κ3) is 1.05. The second-order valence-electron chi connectivity index (χ2n) is 5.37. The lowest BCUT2D eigenvalue weighted by molar-refractivity contribution is 1.28. The zero-order valence-electron chi connectivity index (χ0n) is 10.5. The lowest BCUT2D eigenvalue weighted by Gasteiger charge is -2.18. The van der Waals surface area contributed by atoms with Gasteiger partial charge < -0.3 is 0 Å². The predicted molar refractivity (Wildman–Crippen MR) is 82.9 cm³/mol. The van der Waals surface area contributed by atoms with E-state index in [0.717, 1.165) is 6.42 Å². The first-order valence-corrected chi connectivity index (χ1v) is 6.78. The summed E-state index contributed by atoms with van der Waals surface area (Å²) in [6, 6.07) is 11.2. The highest BCUT2D eigenvalue weighted by atomic mass is 14.2. The molecule has 3 aromatic rings. The molecule has 0 atom stereocenters. The van der Waals surface area contributed by atoms with Crippen LogP contribution in [0.15, 0.2) is 42.5 Å². The Kier molecular flexibility index (Phi) is 1.59. The van der Waals surface area contributed by atoms with Crippen LogP contribution in [0.4, 0.5) is 0 Å². The van der Waals surface area contributed by atoms with Gasteiger partial charge in [0.25, 0.3) is 0 Å². The van der Waals surface area contributed by atoms with Crippen LogP contribution in [0.3, 0.4) is 0 Å². The van der Waals surface area contributed by atoms with Crippen molar-refractivity contribution in [2.24, 2.45) is 0 Å². The third-order valence-corrected chi connectivity index (χ3v) is 4.43. The Morgan fingerprint density at radius 1 is 0.895 bits per heavy atom. The molecule has 88 valence electrons. The van der Waals surface area contributed by atoms with Gasteiger partial charge in [0.05, 0.1) is 0 Å². The third-order valence-electron chi connectivity index (χ3n) is 4.43. The van der Waals surface area contributed by atoms with Crippen molar-refractivity contribution >= 4 is 39.8 Å². The minimum Gasteiger partial charge on any atom is -0.0795 e. The highest BCUT2D eigenvalue weighted by Crippen LogP contribution is 2.36. The molecule has 0 N–H and O–H groups in total. The lowest BCUT2D eigenvalue weighted by atomic mass is 9.85. The van der Waals surface area contributed by atoms with Crippen molar-refractivity contribution in [1.29, 1.82) is 0 Å². The molecule has 0 spiro atoms. The van der Waals surface area contributed by atoms with E-state index in [1.807, 2.05) is 0 Å². The maximum Gasteiger partial charge on any atom is -0.00235 e. The van der Waals surface area contributed by atoms with Gasteiger partial charge in [-0.05, 0) is 49.9 Å². The first-order chi connectivity index (χ1) is 9.43. The van der Waals surface area contributed by atoms with Crippen molar-refractivity contribution in [3.05, 3.63) is 64.4 Å². The lowest BCUT2D eigenvalue weighted by Crippen LogP contribution is -2.11. The molecule has 0 radical (unpaired) electrons. The monoisotopic (exact) mass is 240 g/mol. The molecule has 0 nitrogen and oxygen atoms in total. The number of hydrogen-bond acceptors (Lipinski definition) is 0. The van der Waals surface area contributed by atoms with Crippen LogP contribution in [-0.4, -0.2) is 0 Å². The molecule has 0 saturated heterocycles. The largest absolute Gasteiger partial charge is 0.0795 e. The molecular weight excluding hydrogens is 228 g/mol. The zero-order valence-corrected chi connectivity index (χ0v) is 10.5. The summed E-state index contributed by atoms with van der Waals surface area (Å²) in [4.78, 5) is 0. The van der Waals surface area contributed by atoms with Crippen LogP contribution in [0.2, 0.25) is 0 Å². The van der Waals surface area contributed by atoms with E-state index in [4.69, 9.17) is 0 Å². The molecule has 0 aliphatic heterocycles. The number of allylic oxidation sites excluding steroid dienone is 2. The summed E-state index contributed by atoms with van der Waals surface area (Å²) >= 11 is 0. The zero-order chi connectivity index (χ0) is 12.4. The molecule has 0 amide bonds. The normalized spacial score (nSPS) is 15.2. The highest BCUT2D eigenvalue weighted by Gasteiger charge is 2.17. The summed E-state index contributed by atoms with van der Waals surface area (Å²) in [7, 11) is 0. The topological polar surface area (TPSA) is 0 Å². The number of benzene rings is 3. The fourth-order valence-corrected chi connectivity index (χ4v) is 3.65. The second-order valence-corrected chi connectivity index (χ2v) is 5.37. The Bertz CT molecular complexity index is 969. The number of rotatable bonds is 0. The van der Waals surface area contributed by atoms with E-state index in [-0.39, 0.29) is 0 Å². The summed E-state index contributed by atoms with van der Waals surface area (Å²) in [5.74, 6) is 0. The van der Waals surface area contributed by atoms with E-state index in [9.17, 15) is 0 Å². The first kappa shape index (κ1) is 9.57. The highest BCUT2D eigenvalue weighted by molar-refractivity contribution is 6.16. The van der Waals surface area contributed by atoms with Gasteiger partial charge in [-0.15, -0.1) is 0 Å². The van der Waals surface area contributed by atoms with Crippen molar-refractivity contribution < 1.29 is 0 Å². The molecule has 0 heteroatoms. The van der Waals surface area contributed by atoms with Gasteiger partial charge in [0.15, 0.2) is 0 Å². The van der Waals surface area contributed by atoms with Crippen LogP contribution in [0.1, 0.15) is 16.7 Å². The fraction of sp³-hybridized carbons (Fsp3) is 0.0526. The van der Waals surface area contributed by atoms with Gasteiger partial charge in [-0.1, -0.05) is 60.7 Å². The van der Waals surface area contributed by atoms with Gasteiger partial charge in [0.1, 0.15) is 0 Å². The van der Waals surface area contributed by atoms with Crippen LogP contribution in [0.5, 0.6) is 0 Å². The van der Waals surface area contributed by atoms with Crippen LogP contribution < -0.4 is 5.22 Å². The molecular formula is C19H12. The molecule has 0 fully saturated rings. The summed E-state index contributed by atoms with van der Waals surface area (Å²) in [6.45, 7) is 0. The number of hydrogen-bond donors (Lipinski definition) is 0. The van der Waals surface area contributed by atoms with E-state index in [0.29, 0.717) is 0 Å². The minimum absolute atomic E-state index is 1.05. The molecule has 2 aliphatic carbocycles. The second kappa shape index (κ2) is 3.16. The Hall–Kier alpha value is -2.34. The summed E-state index contributed by atoms with van der Waals surface area (Å²) in [6.07, 6.45) is 12.3. The van der Waals surface area contributed by atoms with Gasteiger partial charge in [-0.25, -0.2) is 0 Å². The van der Waals surface area contributed by atoms with E-state index >= 15 is 0 Å². The first-order valence-electron chi connectivity index (χ1n) is 6.78. The fourth-order valence-electron chi connectivity index (χ4n) is 3.65. The van der Waals surface area contributed by atoms with Crippen LogP contribution >= 0.6 is 0 Å². The summed E-state index contributed by atoms with van der Waals surface area (Å²) in [5.41, 5.74) is 4.30. The molecule has 0 heterocycles. The maximum atomic E-state index is 2.29. The average molecular weight is 240 g/mol. The van der Waals surface area contributed by atoms with Gasteiger partial charge in [-0.2, -0.15) is 0 Å². The van der Waals surface area contributed by atoms with Crippen LogP contribution in [0, 0.1) is 0 Å². The van der Waals surface area contributed by atoms with Gasteiger partial charge >= 0.3 is 0 Å². The van der Waals surface area contributed by atoms with Crippen LogP contribution in [-0.2, 0) is 6.42 Å². The summed E-state index contributed by atoms with van der Waals surface area (Å²) < 4.78 is 0. The van der Waals surface area contributed by atoms with Crippen molar-refractivity contribution in [2.75, 3.05) is 0 Å². The molecule has 19 heavy (non-hydrogen) atoms. The van der Waals surface area contributed by atoms with Gasteiger partial charge in [-0.3, -0.25) is 0 Å². The average Bonchev–Trinajstić information content (AvgIpc) is 2.95. The molecule has 0 bridgehead atoms. The molecule has 3 aromatic carbocycles. The Labute approximate surface area is 111 Å². The van der Waals surface area contributed by atoms with Crippen LogP contribution in [0.25, 0.3) is 39.8 Å². The molecule has 2 aliphatic rings. The maximum absolute atomic E-state index is 2.29. The molecule has 0 unspecified atom stereocenters. The predicted octanol–water partition coefficient (Wildman–Crippen LogP) is 4.09.